The van der Waals surface area contributed by atoms with Gasteiger partial charge in [-0.3, -0.25) is 10.2 Å². The van der Waals surface area contributed by atoms with Crippen LogP contribution in [0.4, 0.5) is 29.5 Å². The van der Waals surface area contributed by atoms with Crippen LogP contribution in [0.1, 0.15) is 37.9 Å². The molecule has 4 aliphatic rings. The highest BCUT2D eigenvalue weighted by molar-refractivity contribution is 5.97. The highest BCUT2D eigenvalue weighted by Crippen LogP contribution is 2.41. The summed E-state index contributed by atoms with van der Waals surface area (Å²) in [7, 11) is 1.78. The number of aryl methyl sites for hydroxylation is 1. The van der Waals surface area contributed by atoms with E-state index in [0.717, 1.165) is 31.5 Å². The summed E-state index contributed by atoms with van der Waals surface area (Å²) in [5, 5.41) is 2.97. The van der Waals surface area contributed by atoms with Crippen LogP contribution in [-0.4, -0.2) is 84.4 Å². The fraction of sp³-hybridized carbons (Fsp3) is 0.517. The number of halogens is 3. The zero-order chi connectivity index (χ0) is 30.5. The summed E-state index contributed by atoms with van der Waals surface area (Å²) in [5.41, 5.74) is 0.714. The molecule has 11 nitrogen and oxygen atoms in total. The molecule has 1 unspecified atom stereocenters. The van der Waals surface area contributed by atoms with Crippen LogP contribution >= 0.6 is 0 Å². The monoisotopic (exact) mass is 601 g/mol. The number of nitrogens with zero attached hydrogens (tertiary/aromatic N) is 6. The summed E-state index contributed by atoms with van der Waals surface area (Å²) in [4.78, 5) is 33.3. The Kier molecular flexibility index (Phi) is 7.45. The number of urea groups is 1. The number of aromatic nitrogens is 2. The maximum Gasteiger partial charge on any atom is 0.416 e. The molecular formula is C29H34F3N7O4. The second kappa shape index (κ2) is 11.0. The number of ether oxygens (including phenoxy) is 3. The van der Waals surface area contributed by atoms with Gasteiger partial charge in [-0.2, -0.15) is 13.2 Å². The van der Waals surface area contributed by atoms with Gasteiger partial charge >= 0.3 is 12.2 Å². The van der Waals surface area contributed by atoms with Gasteiger partial charge in [0.25, 0.3) is 0 Å². The van der Waals surface area contributed by atoms with Crippen molar-refractivity contribution >= 4 is 23.4 Å². The predicted octanol–water partition coefficient (Wildman–Crippen LogP) is 4.28. The van der Waals surface area contributed by atoms with E-state index < -0.39 is 29.8 Å². The number of benzene rings is 1. The van der Waals surface area contributed by atoms with Gasteiger partial charge in [0.1, 0.15) is 18.4 Å². The molecule has 2 fully saturated rings. The van der Waals surface area contributed by atoms with E-state index in [1.165, 1.54) is 12.1 Å². The molecule has 2 saturated heterocycles. The van der Waals surface area contributed by atoms with Crippen molar-refractivity contribution in [3.05, 3.63) is 47.8 Å². The summed E-state index contributed by atoms with van der Waals surface area (Å²) < 4.78 is 57.6. The van der Waals surface area contributed by atoms with E-state index in [1.807, 2.05) is 13.8 Å². The number of carbonyl (C=O) groups is 1. The molecule has 1 aromatic carbocycles. The average Bonchev–Trinajstić information content (AvgIpc) is 3.31. The molecule has 0 saturated carbocycles. The molecule has 5 heterocycles. The molecule has 2 aromatic rings. The van der Waals surface area contributed by atoms with Crippen LogP contribution in [0.2, 0.25) is 0 Å². The molecule has 4 aliphatic heterocycles. The smallest absolute Gasteiger partial charge is 0.416 e. The van der Waals surface area contributed by atoms with Crippen LogP contribution in [0.3, 0.4) is 0 Å². The van der Waals surface area contributed by atoms with Crippen molar-refractivity contribution in [2.24, 2.45) is 4.99 Å². The molecule has 1 N–H and O–H groups in total. The van der Waals surface area contributed by atoms with Crippen molar-refractivity contribution in [3.8, 4) is 11.4 Å². The lowest BCUT2D eigenvalue weighted by Crippen LogP contribution is -2.60. The molecule has 0 radical (unpaired) electrons. The van der Waals surface area contributed by atoms with E-state index in [2.05, 4.69) is 20.2 Å². The van der Waals surface area contributed by atoms with Gasteiger partial charge in [0, 0.05) is 38.0 Å². The number of amides is 2. The Bertz CT molecular complexity index is 1460. The Morgan fingerprint density at radius 2 is 2.07 bits per heavy atom. The minimum absolute atomic E-state index is 0.119. The fourth-order valence-corrected chi connectivity index (χ4v) is 5.80. The Labute approximate surface area is 247 Å². The molecule has 2 amide bonds. The lowest BCUT2D eigenvalue weighted by atomic mass is 9.99. The first-order valence-electron chi connectivity index (χ1n) is 14.2. The third kappa shape index (κ3) is 5.98. The second-order valence-electron chi connectivity index (χ2n) is 11.5. The van der Waals surface area contributed by atoms with E-state index >= 15 is 0 Å². The Morgan fingerprint density at radius 3 is 2.81 bits per heavy atom. The summed E-state index contributed by atoms with van der Waals surface area (Å²) in [6.45, 7) is 7.49. The molecule has 2 bridgehead atoms. The number of aliphatic imine (C=N–C) groups is 1. The van der Waals surface area contributed by atoms with Crippen molar-refractivity contribution in [2.75, 3.05) is 43.2 Å². The highest BCUT2D eigenvalue weighted by atomic mass is 19.4. The second-order valence-corrected chi connectivity index (χ2v) is 11.5. The first-order chi connectivity index (χ1) is 20.4. The van der Waals surface area contributed by atoms with E-state index in [1.54, 1.807) is 36.0 Å². The minimum Gasteiger partial charge on any atom is -0.475 e. The molecule has 1 aromatic heterocycles. The van der Waals surface area contributed by atoms with Crippen molar-refractivity contribution in [1.29, 1.82) is 0 Å². The zero-order valence-corrected chi connectivity index (χ0v) is 24.4. The standard InChI is InChI=1S/C29H34F3N7O4/c1-17-23-25(35-24(33-17)18-7-5-8-19(13-18)29(30,31)32)39(20-9-6-11-38(23)14-20)27(40)36-26-34-22(10-12-37(26)4)41-15-21-16-42-28(2,3)43-21/h5,7-8,10,12-13,20-21,26H,6,9,11,14-16H2,1-4H3,(H,36,40)/t20-,21-,26?/m0/s1. The van der Waals surface area contributed by atoms with Crippen molar-refractivity contribution in [1.82, 2.24) is 20.2 Å². The fourth-order valence-electron chi connectivity index (χ4n) is 5.80. The number of nitrogens with one attached hydrogen (secondary N) is 1. The summed E-state index contributed by atoms with van der Waals surface area (Å²) in [6.07, 6.45) is -0.429. The summed E-state index contributed by atoms with van der Waals surface area (Å²) >= 11 is 0. The topological polar surface area (TPSA) is 105 Å². The van der Waals surface area contributed by atoms with Gasteiger partial charge in [0.05, 0.1) is 23.9 Å². The highest BCUT2D eigenvalue weighted by Gasteiger charge is 2.41. The number of alkyl halides is 3. The first-order valence-corrected chi connectivity index (χ1v) is 14.2. The van der Waals surface area contributed by atoms with E-state index in [0.29, 0.717) is 36.2 Å². The number of rotatable bonds is 4. The van der Waals surface area contributed by atoms with Crippen molar-refractivity contribution < 1.29 is 32.2 Å². The lowest BCUT2D eigenvalue weighted by Gasteiger charge is -2.46. The zero-order valence-electron chi connectivity index (χ0n) is 24.4. The van der Waals surface area contributed by atoms with E-state index in [-0.39, 0.29) is 30.1 Å². The first kappa shape index (κ1) is 29.2. The number of piperidine rings is 1. The van der Waals surface area contributed by atoms with Gasteiger partial charge in [0.2, 0.25) is 12.2 Å². The van der Waals surface area contributed by atoms with Crippen LogP contribution < -0.4 is 15.1 Å². The molecule has 230 valence electrons. The van der Waals surface area contributed by atoms with Gasteiger partial charge in [0.15, 0.2) is 17.4 Å². The number of fused-ring (bicyclic) bond motifs is 4. The van der Waals surface area contributed by atoms with Crippen LogP contribution in [-0.2, 0) is 20.4 Å². The number of anilines is 2. The molecule has 14 heteroatoms. The van der Waals surface area contributed by atoms with Gasteiger partial charge in [-0.1, -0.05) is 12.1 Å². The number of hydrogen-bond acceptors (Lipinski definition) is 9. The van der Waals surface area contributed by atoms with Crippen LogP contribution in [0.25, 0.3) is 11.4 Å². The summed E-state index contributed by atoms with van der Waals surface area (Å²) in [6, 6.07) is 4.29. The maximum absolute atomic E-state index is 14.0. The van der Waals surface area contributed by atoms with Gasteiger partial charge in [-0.25, -0.2) is 19.8 Å². The van der Waals surface area contributed by atoms with Crippen LogP contribution in [0.5, 0.6) is 0 Å². The molecule has 3 atom stereocenters. The largest absolute Gasteiger partial charge is 0.475 e. The number of carbonyl (C=O) groups excluding carboxylic acids is 1. The average molecular weight is 602 g/mol. The Morgan fingerprint density at radius 1 is 1.26 bits per heavy atom. The third-order valence-corrected chi connectivity index (χ3v) is 7.84. The van der Waals surface area contributed by atoms with Gasteiger partial charge < -0.3 is 24.0 Å². The normalized spacial score (nSPS) is 24.5. The van der Waals surface area contributed by atoms with Crippen molar-refractivity contribution in [3.63, 3.8) is 0 Å². The third-order valence-electron chi connectivity index (χ3n) is 7.84. The van der Waals surface area contributed by atoms with Gasteiger partial charge in [-0.05, 0) is 45.7 Å². The molecule has 0 spiro atoms. The van der Waals surface area contributed by atoms with Gasteiger partial charge in [-0.15, -0.1) is 0 Å². The van der Waals surface area contributed by atoms with E-state index in [4.69, 9.17) is 19.2 Å². The Balaban J connectivity index is 1.26. The van der Waals surface area contributed by atoms with Crippen LogP contribution in [0, 0.1) is 6.92 Å². The van der Waals surface area contributed by atoms with E-state index in [9.17, 15) is 18.0 Å². The number of hydrogen-bond donors (Lipinski definition) is 1. The maximum atomic E-state index is 14.0. The van der Waals surface area contributed by atoms with Crippen molar-refractivity contribution in [2.45, 2.75) is 64.0 Å². The predicted molar refractivity (Wildman–Crippen MR) is 152 cm³/mol. The molecule has 6 rings (SSSR count). The minimum atomic E-state index is -4.51. The Hall–Kier alpha value is -3.91. The quantitative estimate of drug-likeness (QED) is 0.554. The van der Waals surface area contributed by atoms with Crippen LogP contribution in [0.15, 0.2) is 41.5 Å². The molecular weight excluding hydrogens is 567 g/mol. The SMILES string of the molecule is Cc1nc(-c2cccc(C(F)(F)F)c2)nc2c1N1CCC[C@@H](C1)N2C(=O)NC1N=C(OC[C@H]2COC(C)(C)O2)C=CN1C. The molecule has 0 aliphatic carbocycles. The molecule has 43 heavy (non-hydrogen) atoms. The lowest BCUT2D eigenvalue weighted by molar-refractivity contribution is -0.141. The summed E-state index contributed by atoms with van der Waals surface area (Å²) in [5.74, 6) is 0.152.